The van der Waals surface area contributed by atoms with Gasteiger partial charge in [0.2, 0.25) is 0 Å². The minimum Gasteiger partial charge on any atom is -0.502 e. The van der Waals surface area contributed by atoms with Gasteiger partial charge >= 0.3 is 0 Å². The van der Waals surface area contributed by atoms with Crippen molar-refractivity contribution in [2.75, 3.05) is 18.5 Å². The number of hydrogen-bond acceptors (Lipinski definition) is 4. The van der Waals surface area contributed by atoms with E-state index in [0.717, 1.165) is 0 Å². The lowest BCUT2D eigenvalue weighted by Crippen LogP contribution is -2.38. The number of nitrogens with zero attached hydrogens (tertiary/aromatic N) is 1. The second kappa shape index (κ2) is 8.28. The highest BCUT2D eigenvalue weighted by atomic mass is 32.1. The maximum atomic E-state index is 14.1. The summed E-state index contributed by atoms with van der Waals surface area (Å²) in [6.07, 6.45) is 3.50. The predicted octanol–water partition coefficient (Wildman–Crippen LogP) is 4.21. The van der Waals surface area contributed by atoms with Gasteiger partial charge in [-0.2, -0.15) is 4.57 Å². The van der Waals surface area contributed by atoms with Crippen LogP contribution in [0.5, 0.6) is 11.5 Å². The Balaban J connectivity index is 1.78. The Hall–Kier alpha value is -3.45. The quantitative estimate of drug-likeness (QED) is 0.293. The molecular formula is C22H18FN2O3S+. The molecule has 2 aromatic carbocycles. The van der Waals surface area contributed by atoms with Crippen LogP contribution in [-0.4, -0.2) is 23.3 Å². The molecule has 0 unspecified atom stereocenters. The predicted molar refractivity (Wildman–Crippen MR) is 112 cm³/mol. The summed E-state index contributed by atoms with van der Waals surface area (Å²) in [6.45, 7) is 0.921. The van der Waals surface area contributed by atoms with E-state index < -0.39 is 5.82 Å². The number of anilines is 1. The molecule has 0 amide bonds. The number of aliphatic hydroxyl groups is 1. The van der Waals surface area contributed by atoms with Crippen molar-refractivity contribution in [2.24, 2.45) is 0 Å². The Kier molecular flexibility index (Phi) is 5.39. The molecule has 2 N–H and O–H groups in total. The molecule has 0 aliphatic carbocycles. The Bertz CT molecular complexity index is 1090. The molecule has 3 aromatic rings. The van der Waals surface area contributed by atoms with Gasteiger partial charge in [0.25, 0.3) is 5.70 Å². The molecule has 7 heteroatoms. The largest absolute Gasteiger partial charge is 0.502 e. The number of aliphatic hydroxyl groups excluding tert-OH is 1. The normalized spacial score (nSPS) is 13.4. The number of halogens is 1. The summed E-state index contributed by atoms with van der Waals surface area (Å²) in [5, 5.41) is 14.0. The van der Waals surface area contributed by atoms with Gasteiger partial charge in [0, 0.05) is 17.7 Å². The van der Waals surface area contributed by atoms with Crippen LogP contribution in [0.15, 0.2) is 73.1 Å². The van der Waals surface area contributed by atoms with E-state index in [9.17, 15) is 9.50 Å². The van der Waals surface area contributed by atoms with Gasteiger partial charge in [-0.15, -0.1) is 0 Å². The fourth-order valence-corrected chi connectivity index (χ4v) is 3.28. The third-order valence-corrected chi connectivity index (χ3v) is 4.65. The summed E-state index contributed by atoms with van der Waals surface area (Å²) in [5.41, 5.74) is 1.03. The van der Waals surface area contributed by atoms with Gasteiger partial charge in [0.15, 0.2) is 34.6 Å². The van der Waals surface area contributed by atoms with E-state index in [2.05, 4.69) is 5.32 Å². The van der Waals surface area contributed by atoms with Crippen molar-refractivity contribution < 1.29 is 23.5 Å². The summed E-state index contributed by atoms with van der Waals surface area (Å²) in [5.74, 6) is 0.651. The second-order valence-corrected chi connectivity index (χ2v) is 6.68. The molecule has 146 valence electrons. The van der Waals surface area contributed by atoms with E-state index >= 15 is 0 Å². The third kappa shape index (κ3) is 4.05. The first-order valence-corrected chi connectivity index (χ1v) is 9.40. The molecular weight excluding hydrogens is 391 g/mol. The molecule has 4 rings (SSSR count). The lowest BCUT2D eigenvalue weighted by Gasteiger charge is -2.19. The van der Waals surface area contributed by atoms with Crippen LogP contribution in [0.1, 0.15) is 5.56 Å². The van der Waals surface area contributed by atoms with Gasteiger partial charge < -0.3 is 19.9 Å². The number of para-hydroxylation sites is 1. The Morgan fingerprint density at radius 2 is 1.69 bits per heavy atom. The summed E-state index contributed by atoms with van der Waals surface area (Å²) < 4.78 is 26.9. The lowest BCUT2D eigenvalue weighted by molar-refractivity contribution is -0.575. The van der Waals surface area contributed by atoms with E-state index in [1.807, 2.05) is 18.2 Å². The Labute approximate surface area is 172 Å². The maximum absolute atomic E-state index is 14.1. The third-order valence-electron chi connectivity index (χ3n) is 4.35. The zero-order chi connectivity index (χ0) is 20.2. The number of benzene rings is 2. The van der Waals surface area contributed by atoms with Crippen LogP contribution < -0.4 is 19.4 Å². The minimum atomic E-state index is -0.439. The topological polar surface area (TPSA) is 54.6 Å². The number of thiocarbonyl (C=S) groups is 1. The van der Waals surface area contributed by atoms with E-state index in [1.54, 1.807) is 53.4 Å². The zero-order valence-electron chi connectivity index (χ0n) is 15.3. The molecule has 2 heterocycles. The molecule has 0 saturated heterocycles. The SMILES string of the molecule is OC(=C(C(=S)Nc1ccccc1F)[n+]1ccccc1)c1ccc2c(c1)OCCO2. The standard InChI is InChI=1S/C22H17FN2O3S/c23-16-6-2-3-7-17(16)24-22(29)20(25-10-4-1-5-11-25)21(26)15-8-9-18-19(14-15)28-13-12-27-18/h1-11,14H,12-13H2,(H-,24,26,29)/p+1. The Morgan fingerprint density at radius 3 is 2.45 bits per heavy atom. The van der Waals surface area contributed by atoms with E-state index in [4.69, 9.17) is 21.7 Å². The first-order valence-electron chi connectivity index (χ1n) is 8.99. The van der Waals surface area contributed by atoms with Crippen LogP contribution in [0.25, 0.3) is 11.5 Å². The second-order valence-electron chi connectivity index (χ2n) is 6.27. The monoisotopic (exact) mass is 409 g/mol. The smallest absolute Gasteiger partial charge is 0.288 e. The van der Waals surface area contributed by atoms with Crippen molar-refractivity contribution in [2.45, 2.75) is 0 Å². The van der Waals surface area contributed by atoms with E-state index in [-0.39, 0.29) is 16.4 Å². The number of ether oxygens (including phenoxy) is 2. The number of nitrogens with one attached hydrogen (secondary N) is 1. The Morgan fingerprint density at radius 1 is 0.966 bits per heavy atom. The molecule has 0 fully saturated rings. The van der Waals surface area contributed by atoms with Crippen molar-refractivity contribution >= 4 is 34.3 Å². The molecule has 0 spiro atoms. The van der Waals surface area contributed by atoms with Crippen LogP contribution in [0, 0.1) is 5.82 Å². The van der Waals surface area contributed by atoms with E-state index in [1.165, 1.54) is 6.07 Å². The summed E-state index contributed by atoms with van der Waals surface area (Å²) in [4.78, 5) is 0.165. The fraction of sp³-hybridized carbons (Fsp3) is 0.0909. The van der Waals surface area contributed by atoms with Crippen LogP contribution in [0.2, 0.25) is 0 Å². The molecule has 29 heavy (non-hydrogen) atoms. The van der Waals surface area contributed by atoms with Gasteiger partial charge in [-0.05, 0) is 30.3 Å². The van der Waals surface area contributed by atoms with Gasteiger partial charge in [0.05, 0.1) is 5.69 Å². The molecule has 0 bridgehead atoms. The van der Waals surface area contributed by atoms with Crippen LogP contribution >= 0.6 is 12.2 Å². The molecule has 1 aliphatic rings. The average molecular weight is 409 g/mol. The van der Waals surface area contributed by atoms with Crippen LogP contribution in [0.3, 0.4) is 0 Å². The molecule has 0 saturated carbocycles. The van der Waals surface area contributed by atoms with Gasteiger partial charge in [-0.3, -0.25) is 0 Å². The highest BCUT2D eigenvalue weighted by Crippen LogP contribution is 2.33. The molecule has 0 atom stereocenters. The van der Waals surface area contributed by atoms with Crippen molar-refractivity contribution in [3.05, 3.63) is 84.4 Å². The summed E-state index contributed by atoms with van der Waals surface area (Å²) in [7, 11) is 0. The number of fused-ring (bicyclic) bond motifs is 1. The summed E-state index contributed by atoms with van der Waals surface area (Å²) >= 11 is 5.52. The molecule has 1 aromatic heterocycles. The fourth-order valence-electron chi connectivity index (χ4n) is 2.97. The maximum Gasteiger partial charge on any atom is 0.288 e. The van der Waals surface area contributed by atoms with Gasteiger partial charge in [-0.1, -0.05) is 30.4 Å². The van der Waals surface area contributed by atoms with Crippen LogP contribution in [-0.2, 0) is 0 Å². The number of hydrogen-bond donors (Lipinski definition) is 2. The first kappa shape index (κ1) is 18.9. The summed E-state index contributed by atoms with van der Waals surface area (Å²) in [6, 6.07) is 16.8. The highest BCUT2D eigenvalue weighted by molar-refractivity contribution is 7.81. The molecule has 5 nitrogen and oxygen atoms in total. The molecule has 1 aliphatic heterocycles. The van der Waals surface area contributed by atoms with Crippen molar-refractivity contribution in [3.8, 4) is 11.5 Å². The lowest BCUT2D eigenvalue weighted by atomic mass is 10.1. The minimum absolute atomic E-state index is 0.0768. The van der Waals surface area contributed by atoms with Crippen molar-refractivity contribution in [1.29, 1.82) is 0 Å². The van der Waals surface area contributed by atoms with Gasteiger partial charge in [-0.25, -0.2) is 4.39 Å². The number of aromatic nitrogens is 1. The average Bonchev–Trinajstić information content (AvgIpc) is 2.76. The molecule has 0 radical (unpaired) electrons. The van der Waals surface area contributed by atoms with Crippen LogP contribution in [0.4, 0.5) is 10.1 Å². The number of pyridine rings is 1. The highest BCUT2D eigenvalue weighted by Gasteiger charge is 2.25. The first-order chi connectivity index (χ1) is 14.1. The zero-order valence-corrected chi connectivity index (χ0v) is 16.2. The van der Waals surface area contributed by atoms with Gasteiger partial charge in [0.1, 0.15) is 19.0 Å². The van der Waals surface area contributed by atoms with Crippen molar-refractivity contribution in [1.82, 2.24) is 0 Å². The van der Waals surface area contributed by atoms with E-state index in [0.29, 0.717) is 36.0 Å². The van der Waals surface area contributed by atoms with Crippen molar-refractivity contribution in [3.63, 3.8) is 0 Å². The number of rotatable bonds is 4.